The average Bonchev–Trinajstić information content (AvgIpc) is 2.29. The van der Waals surface area contributed by atoms with E-state index in [-0.39, 0.29) is 0 Å². The SMILES string of the molecule is CC(C)C1=CC2=CC=CC3=CC=CC(=C1)C32. The highest BCUT2D eigenvalue weighted by Gasteiger charge is 2.26. The van der Waals surface area contributed by atoms with Gasteiger partial charge in [0, 0.05) is 5.92 Å². The first kappa shape index (κ1) is 9.65. The van der Waals surface area contributed by atoms with Gasteiger partial charge in [-0.05, 0) is 28.2 Å². The van der Waals surface area contributed by atoms with E-state index in [1.165, 1.54) is 22.3 Å². The Kier molecular flexibility index (Phi) is 2.10. The molecule has 0 spiro atoms. The molecular formula is C16H16. The molecule has 3 aliphatic carbocycles. The van der Waals surface area contributed by atoms with E-state index in [0.29, 0.717) is 11.8 Å². The first-order valence-corrected chi connectivity index (χ1v) is 5.95. The molecule has 0 aromatic carbocycles. The maximum atomic E-state index is 2.36. The molecule has 0 bridgehead atoms. The average molecular weight is 208 g/mol. The molecule has 0 heterocycles. The number of rotatable bonds is 1. The second kappa shape index (κ2) is 3.48. The lowest BCUT2D eigenvalue weighted by molar-refractivity contribution is 0.764. The highest BCUT2D eigenvalue weighted by Crippen LogP contribution is 2.40. The van der Waals surface area contributed by atoms with Crippen molar-refractivity contribution in [3.05, 3.63) is 70.9 Å². The Bertz CT molecular complexity index is 500. The summed E-state index contributed by atoms with van der Waals surface area (Å²) in [6.07, 6.45) is 18.0. The smallest absolute Gasteiger partial charge is 0.0340 e. The minimum atomic E-state index is 0.498. The zero-order valence-corrected chi connectivity index (χ0v) is 9.77. The van der Waals surface area contributed by atoms with Crippen LogP contribution < -0.4 is 0 Å². The Morgan fingerprint density at radius 2 is 1.56 bits per heavy atom. The van der Waals surface area contributed by atoms with Crippen molar-refractivity contribution in [2.45, 2.75) is 13.8 Å². The minimum absolute atomic E-state index is 0.498. The van der Waals surface area contributed by atoms with Crippen LogP contribution in [0.5, 0.6) is 0 Å². The molecule has 0 saturated carbocycles. The molecule has 16 heavy (non-hydrogen) atoms. The van der Waals surface area contributed by atoms with Gasteiger partial charge in [0.15, 0.2) is 0 Å². The summed E-state index contributed by atoms with van der Waals surface area (Å²) in [5.74, 6) is 1.10. The van der Waals surface area contributed by atoms with E-state index < -0.39 is 0 Å². The summed E-state index contributed by atoms with van der Waals surface area (Å²) in [5.41, 5.74) is 5.75. The lowest BCUT2D eigenvalue weighted by atomic mass is 9.73. The maximum Gasteiger partial charge on any atom is 0.0340 e. The van der Waals surface area contributed by atoms with E-state index in [1.807, 2.05) is 0 Å². The summed E-state index contributed by atoms with van der Waals surface area (Å²) in [6, 6.07) is 0. The molecular weight excluding hydrogens is 192 g/mol. The van der Waals surface area contributed by atoms with E-state index >= 15 is 0 Å². The van der Waals surface area contributed by atoms with Crippen molar-refractivity contribution in [1.82, 2.24) is 0 Å². The fourth-order valence-corrected chi connectivity index (χ4v) is 2.58. The van der Waals surface area contributed by atoms with Crippen LogP contribution in [0.2, 0.25) is 0 Å². The molecule has 1 unspecified atom stereocenters. The van der Waals surface area contributed by atoms with Crippen molar-refractivity contribution in [1.29, 1.82) is 0 Å². The van der Waals surface area contributed by atoms with Crippen LogP contribution >= 0.6 is 0 Å². The third-order valence-corrected chi connectivity index (χ3v) is 3.49. The minimum Gasteiger partial charge on any atom is -0.0617 e. The van der Waals surface area contributed by atoms with E-state index in [4.69, 9.17) is 0 Å². The molecule has 0 fully saturated rings. The summed E-state index contributed by atoms with van der Waals surface area (Å²) in [6.45, 7) is 4.51. The van der Waals surface area contributed by atoms with Crippen molar-refractivity contribution >= 4 is 0 Å². The molecule has 0 aromatic heterocycles. The van der Waals surface area contributed by atoms with Gasteiger partial charge in [-0.2, -0.15) is 0 Å². The molecule has 0 nitrogen and oxygen atoms in total. The molecule has 0 N–H and O–H groups in total. The topological polar surface area (TPSA) is 0 Å². The van der Waals surface area contributed by atoms with Crippen molar-refractivity contribution in [3.63, 3.8) is 0 Å². The van der Waals surface area contributed by atoms with E-state index in [9.17, 15) is 0 Å². The zero-order valence-electron chi connectivity index (χ0n) is 9.77. The molecule has 3 aliphatic rings. The monoisotopic (exact) mass is 208 g/mol. The normalized spacial score (nSPS) is 25.8. The highest BCUT2D eigenvalue weighted by atomic mass is 14.3. The van der Waals surface area contributed by atoms with Gasteiger partial charge in [-0.1, -0.05) is 62.5 Å². The summed E-state index contributed by atoms with van der Waals surface area (Å²) in [4.78, 5) is 0. The van der Waals surface area contributed by atoms with Gasteiger partial charge in [-0.3, -0.25) is 0 Å². The lowest BCUT2D eigenvalue weighted by Crippen LogP contribution is -2.16. The fourth-order valence-electron chi connectivity index (χ4n) is 2.58. The summed E-state index contributed by atoms with van der Waals surface area (Å²) >= 11 is 0. The number of hydrogen-bond donors (Lipinski definition) is 0. The second-order valence-electron chi connectivity index (χ2n) is 4.93. The number of hydrogen-bond acceptors (Lipinski definition) is 0. The van der Waals surface area contributed by atoms with Gasteiger partial charge in [0.1, 0.15) is 0 Å². The quantitative estimate of drug-likeness (QED) is 0.608. The molecule has 0 amide bonds. The predicted molar refractivity (Wildman–Crippen MR) is 68.9 cm³/mol. The lowest BCUT2D eigenvalue weighted by Gasteiger charge is -2.30. The number of allylic oxidation sites excluding steroid dienone is 12. The van der Waals surface area contributed by atoms with Crippen LogP contribution in [0, 0.1) is 11.8 Å². The van der Waals surface area contributed by atoms with Crippen molar-refractivity contribution < 1.29 is 0 Å². The van der Waals surface area contributed by atoms with Crippen LogP contribution in [0.1, 0.15) is 13.8 Å². The Hall–Kier alpha value is -1.56. The van der Waals surface area contributed by atoms with Crippen molar-refractivity contribution in [2.75, 3.05) is 0 Å². The first-order valence-electron chi connectivity index (χ1n) is 5.95. The third kappa shape index (κ3) is 1.37. The molecule has 0 heteroatoms. The van der Waals surface area contributed by atoms with Crippen LogP contribution in [-0.4, -0.2) is 0 Å². The molecule has 1 atom stereocenters. The Balaban J connectivity index is 2.14. The predicted octanol–water partition coefficient (Wildman–Crippen LogP) is 4.12. The van der Waals surface area contributed by atoms with Crippen molar-refractivity contribution in [2.24, 2.45) is 11.8 Å². The fraction of sp³-hybridized carbons (Fsp3) is 0.250. The summed E-state index contributed by atoms with van der Waals surface area (Å²) in [7, 11) is 0. The van der Waals surface area contributed by atoms with Gasteiger partial charge in [0.25, 0.3) is 0 Å². The molecule has 0 aliphatic heterocycles. The molecule has 80 valence electrons. The second-order valence-corrected chi connectivity index (χ2v) is 4.93. The van der Waals surface area contributed by atoms with Gasteiger partial charge in [-0.15, -0.1) is 0 Å². The Labute approximate surface area is 97.1 Å². The summed E-state index contributed by atoms with van der Waals surface area (Å²) in [5, 5.41) is 0. The first-order chi connectivity index (χ1) is 7.75. The molecule has 0 aromatic rings. The van der Waals surface area contributed by atoms with Crippen LogP contribution in [0.25, 0.3) is 0 Å². The zero-order chi connectivity index (χ0) is 11.1. The van der Waals surface area contributed by atoms with Crippen LogP contribution in [0.3, 0.4) is 0 Å². The molecule has 0 radical (unpaired) electrons. The molecule has 0 saturated heterocycles. The van der Waals surface area contributed by atoms with E-state index in [2.05, 4.69) is 62.5 Å². The van der Waals surface area contributed by atoms with Crippen LogP contribution in [-0.2, 0) is 0 Å². The van der Waals surface area contributed by atoms with E-state index in [0.717, 1.165) is 0 Å². The van der Waals surface area contributed by atoms with Crippen LogP contribution in [0.4, 0.5) is 0 Å². The van der Waals surface area contributed by atoms with Gasteiger partial charge in [-0.25, -0.2) is 0 Å². The van der Waals surface area contributed by atoms with Gasteiger partial charge < -0.3 is 0 Å². The van der Waals surface area contributed by atoms with Gasteiger partial charge in [0.05, 0.1) is 0 Å². The van der Waals surface area contributed by atoms with Gasteiger partial charge in [0.2, 0.25) is 0 Å². The van der Waals surface area contributed by atoms with Crippen molar-refractivity contribution in [3.8, 4) is 0 Å². The Morgan fingerprint density at radius 3 is 2.31 bits per heavy atom. The molecule has 3 rings (SSSR count). The van der Waals surface area contributed by atoms with E-state index in [1.54, 1.807) is 0 Å². The maximum absolute atomic E-state index is 2.36. The summed E-state index contributed by atoms with van der Waals surface area (Å²) < 4.78 is 0. The highest BCUT2D eigenvalue weighted by molar-refractivity contribution is 5.59. The van der Waals surface area contributed by atoms with Crippen LogP contribution in [0.15, 0.2) is 70.9 Å². The third-order valence-electron chi connectivity index (χ3n) is 3.49. The Morgan fingerprint density at radius 1 is 0.875 bits per heavy atom. The standard InChI is InChI=1S/C16H16/c1-11(2)15-9-13-7-3-5-12-6-4-8-14(10-15)16(12)13/h3-11,16H,1-2H3. The van der Waals surface area contributed by atoms with Gasteiger partial charge >= 0.3 is 0 Å². The largest absolute Gasteiger partial charge is 0.0617 e.